The van der Waals surface area contributed by atoms with Crippen LogP contribution in [-0.2, 0) is 13.6 Å². The molecule has 0 bridgehead atoms. The van der Waals surface area contributed by atoms with Crippen molar-refractivity contribution in [1.29, 1.82) is 0 Å². The van der Waals surface area contributed by atoms with Gasteiger partial charge in [0.25, 0.3) is 0 Å². The number of rotatable bonds is 2. The third-order valence-corrected chi connectivity index (χ3v) is 2.54. The number of carboxylic acids is 1. The first-order valence-electron chi connectivity index (χ1n) is 4.65. The van der Waals surface area contributed by atoms with Crippen LogP contribution in [-0.4, -0.2) is 15.6 Å². The van der Waals surface area contributed by atoms with Crippen LogP contribution in [0.4, 0.5) is 0 Å². The number of hydrogen-bond acceptors (Lipinski definition) is 2. The molecule has 0 fully saturated rings. The standard InChI is InChI=1S/C11H12N2O2/c1-13-6-8(5-12)9-3-2-7(11(14)15)4-10(9)13/h2-4,6H,5,12H2,1H3,(H,14,15). The van der Waals surface area contributed by atoms with E-state index < -0.39 is 5.97 Å². The minimum Gasteiger partial charge on any atom is -0.478 e. The van der Waals surface area contributed by atoms with Gasteiger partial charge in [0.05, 0.1) is 5.56 Å². The molecule has 0 saturated heterocycles. The predicted octanol–water partition coefficient (Wildman–Crippen LogP) is 1.34. The molecule has 3 N–H and O–H groups in total. The molecule has 2 aromatic rings. The number of hydrogen-bond donors (Lipinski definition) is 2. The maximum atomic E-state index is 10.8. The summed E-state index contributed by atoms with van der Waals surface area (Å²) < 4.78 is 1.89. The van der Waals surface area contributed by atoms with Crippen molar-refractivity contribution in [2.45, 2.75) is 6.54 Å². The predicted molar refractivity (Wildman–Crippen MR) is 57.8 cm³/mol. The summed E-state index contributed by atoms with van der Waals surface area (Å²) in [6.07, 6.45) is 1.93. The molecule has 4 nitrogen and oxygen atoms in total. The fraction of sp³-hybridized carbons (Fsp3) is 0.182. The summed E-state index contributed by atoms with van der Waals surface area (Å²) in [5, 5.41) is 9.88. The highest BCUT2D eigenvalue weighted by atomic mass is 16.4. The van der Waals surface area contributed by atoms with Crippen molar-refractivity contribution < 1.29 is 9.90 Å². The second-order valence-electron chi connectivity index (χ2n) is 3.51. The summed E-state index contributed by atoms with van der Waals surface area (Å²) in [4.78, 5) is 10.8. The molecule has 2 rings (SSSR count). The van der Waals surface area contributed by atoms with E-state index in [0.29, 0.717) is 12.1 Å². The lowest BCUT2D eigenvalue weighted by atomic mass is 10.1. The van der Waals surface area contributed by atoms with E-state index in [9.17, 15) is 4.79 Å². The second-order valence-corrected chi connectivity index (χ2v) is 3.51. The van der Waals surface area contributed by atoms with Gasteiger partial charge in [-0.2, -0.15) is 0 Å². The number of nitrogens with zero attached hydrogens (tertiary/aromatic N) is 1. The zero-order valence-corrected chi connectivity index (χ0v) is 8.40. The Bertz CT molecular complexity index is 529. The highest BCUT2D eigenvalue weighted by Crippen LogP contribution is 2.21. The lowest BCUT2D eigenvalue weighted by Crippen LogP contribution is -1.96. The number of aromatic carboxylic acids is 1. The lowest BCUT2D eigenvalue weighted by Gasteiger charge is -1.98. The van der Waals surface area contributed by atoms with E-state index in [1.165, 1.54) is 0 Å². The number of aromatic nitrogens is 1. The first-order chi connectivity index (χ1) is 7.13. The van der Waals surface area contributed by atoms with Crippen LogP contribution in [0.25, 0.3) is 10.9 Å². The summed E-state index contributed by atoms with van der Waals surface area (Å²) in [6, 6.07) is 5.07. The van der Waals surface area contributed by atoms with Gasteiger partial charge in [0.2, 0.25) is 0 Å². The maximum Gasteiger partial charge on any atom is 0.335 e. The van der Waals surface area contributed by atoms with Crippen molar-refractivity contribution in [2.75, 3.05) is 0 Å². The monoisotopic (exact) mass is 204 g/mol. The van der Waals surface area contributed by atoms with E-state index in [4.69, 9.17) is 10.8 Å². The van der Waals surface area contributed by atoms with Gasteiger partial charge in [-0.1, -0.05) is 6.07 Å². The Hall–Kier alpha value is -1.81. The molecular weight excluding hydrogens is 192 g/mol. The molecule has 15 heavy (non-hydrogen) atoms. The Morgan fingerprint density at radius 1 is 1.53 bits per heavy atom. The fourth-order valence-electron chi connectivity index (χ4n) is 1.76. The molecule has 78 valence electrons. The molecule has 0 saturated carbocycles. The molecule has 1 aromatic heterocycles. The number of carbonyl (C=O) groups is 1. The molecule has 1 aromatic carbocycles. The number of nitrogens with two attached hydrogens (primary N) is 1. The molecular formula is C11H12N2O2. The van der Waals surface area contributed by atoms with Crippen molar-refractivity contribution in [1.82, 2.24) is 4.57 Å². The van der Waals surface area contributed by atoms with Gasteiger partial charge in [0.15, 0.2) is 0 Å². The van der Waals surface area contributed by atoms with E-state index in [0.717, 1.165) is 16.5 Å². The SMILES string of the molecule is Cn1cc(CN)c2ccc(C(=O)O)cc21. The van der Waals surface area contributed by atoms with Gasteiger partial charge in [-0.3, -0.25) is 0 Å². The number of carboxylic acid groups (broad SMARTS) is 1. The molecule has 0 atom stereocenters. The molecule has 0 aliphatic rings. The molecule has 4 heteroatoms. The van der Waals surface area contributed by atoms with Crippen LogP contribution in [0.5, 0.6) is 0 Å². The molecule has 1 heterocycles. The van der Waals surface area contributed by atoms with Crippen LogP contribution in [0.15, 0.2) is 24.4 Å². The topological polar surface area (TPSA) is 68.2 Å². The zero-order valence-electron chi connectivity index (χ0n) is 8.40. The van der Waals surface area contributed by atoms with Crippen molar-refractivity contribution in [3.63, 3.8) is 0 Å². The van der Waals surface area contributed by atoms with E-state index >= 15 is 0 Å². The van der Waals surface area contributed by atoms with E-state index in [-0.39, 0.29) is 0 Å². The van der Waals surface area contributed by atoms with E-state index in [2.05, 4.69) is 0 Å². The number of benzene rings is 1. The first-order valence-corrected chi connectivity index (χ1v) is 4.65. The van der Waals surface area contributed by atoms with E-state index in [1.807, 2.05) is 17.8 Å². The normalized spacial score (nSPS) is 10.8. The van der Waals surface area contributed by atoms with Crippen LogP contribution >= 0.6 is 0 Å². The molecule has 0 spiro atoms. The van der Waals surface area contributed by atoms with Gasteiger partial charge >= 0.3 is 5.97 Å². The van der Waals surface area contributed by atoms with E-state index in [1.54, 1.807) is 18.2 Å². The number of aryl methyl sites for hydroxylation is 1. The van der Waals surface area contributed by atoms with Crippen LogP contribution < -0.4 is 5.73 Å². The summed E-state index contributed by atoms with van der Waals surface area (Å²) >= 11 is 0. The maximum absolute atomic E-state index is 10.8. The van der Waals surface area contributed by atoms with Gasteiger partial charge in [0.1, 0.15) is 0 Å². The number of fused-ring (bicyclic) bond motifs is 1. The molecule has 0 radical (unpaired) electrons. The molecule has 0 aliphatic heterocycles. The molecule has 0 aliphatic carbocycles. The Kier molecular flexibility index (Phi) is 2.21. The van der Waals surface area contributed by atoms with Crippen molar-refractivity contribution in [2.24, 2.45) is 12.8 Å². The Balaban J connectivity index is 2.72. The van der Waals surface area contributed by atoms with Crippen LogP contribution in [0.3, 0.4) is 0 Å². The Morgan fingerprint density at radius 3 is 2.87 bits per heavy atom. The average Bonchev–Trinajstić information content (AvgIpc) is 2.55. The Morgan fingerprint density at radius 2 is 2.27 bits per heavy atom. The van der Waals surface area contributed by atoms with Crippen LogP contribution in [0, 0.1) is 0 Å². The van der Waals surface area contributed by atoms with Crippen molar-refractivity contribution >= 4 is 16.9 Å². The minimum absolute atomic E-state index is 0.298. The summed E-state index contributed by atoms with van der Waals surface area (Å²) in [6.45, 7) is 0.462. The highest BCUT2D eigenvalue weighted by molar-refractivity contribution is 5.94. The third kappa shape index (κ3) is 1.49. The van der Waals surface area contributed by atoms with Gasteiger partial charge in [-0.15, -0.1) is 0 Å². The van der Waals surface area contributed by atoms with Gasteiger partial charge in [-0.05, 0) is 17.7 Å². The quantitative estimate of drug-likeness (QED) is 0.775. The van der Waals surface area contributed by atoms with Gasteiger partial charge in [-0.25, -0.2) is 4.79 Å². The van der Waals surface area contributed by atoms with Gasteiger partial charge < -0.3 is 15.4 Å². The molecule has 0 unspecified atom stereocenters. The summed E-state index contributed by atoms with van der Waals surface area (Å²) in [5.74, 6) is -0.910. The summed E-state index contributed by atoms with van der Waals surface area (Å²) in [5.41, 5.74) is 7.83. The average molecular weight is 204 g/mol. The van der Waals surface area contributed by atoms with Crippen LogP contribution in [0.1, 0.15) is 15.9 Å². The first kappa shape index (κ1) is 9.73. The minimum atomic E-state index is -0.910. The molecule has 0 amide bonds. The van der Waals surface area contributed by atoms with Gasteiger partial charge in [0, 0.05) is 30.7 Å². The lowest BCUT2D eigenvalue weighted by molar-refractivity contribution is 0.0697. The zero-order chi connectivity index (χ0) is 11.0. The van der Waals surface area contributed by atoms with Crippen molar-refractivity contribution in [3.05, 3.63) is 35.5 Å². The van der Waals surface area contributed by atoms with Crippen molar-refractivity contribution in [3.8, 4) is 0 Å². The van der Waals surface area contributed by atoms with Crippen LogP contribution in [0.2, 0.25) is 0 Å². The summed E-state index contributed by atoms with van der Waals surface area (Å²) in [7, 11) is 1.88. The largest absolute Gasteiger partial charge is 0.478 e. The second kappa shape index (κ2) is 3.40. The third-order valence-electron chi connectivity index (χ3n) is 2.54. The fourth-order valence-corrected chi connectivity index (χ4v) is 1.76. The smallest absolute Gasteiger partial charge is 0.335 e. The Labute approximate surface area is 86.9 Å². The highest BCUT2D eigenvalue weighted by Gasteiger charge is 2.08.